The van der Waals surface area contributed by atoms with Gasteiger partial charge in [0, 0.05) is 11.8 Å². The number of nitro groups is 1. The normalized spacial score (nSPS) is 24.3. The molecule has 0 bridgehead atoms. The minimum Gasteiger partial charge on any atom is -0.481 e. The number of nitrogens with one attached hydrogen (secondary N) is 1. The van der Waals surface area contributed by atoms with Gasteiger partial charge in [0.15, 0.2) is 0 Å². The van der Waals surface area contributed by atoms with Crippen molar-refractivity contribution >= 4 is 17.3 Å². The van der Waals surface area contributed by atoms with Crippen LogP contribution in [0.15, 0.2) is 18.2 Å². The Balaban J connectivity index is 2.28. The van der Waals surface area contributed by atoms with E-state index in [1.807, 2.05) is 0 Å². The number of hydrogen-bond donors (Lipinski definition) is 2. The van der Waals surface area contributed by atoms with Crippen LogP contribution in [0, 0.1) is 26.9 Å². The van der Waals surface area contributed by atoms with Gasteiger partial charge >= 0.3 is 5.97 Å². The van der Waals surface area contributed by atoms with Gasteiger partial charge < -0.3 is 15.2 Å². The van der Waals surface area contributed by atoms with Gasteiger partial charge in [-0.2, -0.15) is 5.26 Å². The van der Waals surface area contributed by atoms with Crippen molar-refractivity contribution in [3.05, 3.63) is 33.9 Å². The molecular formula is C13H13N3O5. The van der Waals surface area contributed by atoms with Crippen LogP contribution in [0.1, 0.15) is 12.5 Å². The van der Waals surface area contributed by atoms with Crippen molar-refractivity contribution in [3.63, 3.8) is 0 Å². The Bertz CT molecular complexity index is 639. The highest BCUT2D eigenvalue weighted by molar-refractivity contribution is 5.77. The van der Waals surface area contributed by atoms with Gasteiger partial charge in [-0.25, -0.2) is 0 Å². The van der Waals surface area contributed by atoms with E-state index in [-0.39, 0.29) is 24.5 Å². The maximum atomic E-state index is 11.3. The lowest BCUT2D eigenvalue weighted by atomic mass is 9.85. The third-order valence-electron chi connectivity index (χ3n) is 3.60. The first-order valence-electron chi connectivity index (χ1n) is 6.14. The second-order valence-electron chi connectivity index (χ2n) is 5.04. The van der Waals surface area contributed by atoms with Crippen molar-refractivity contribution in [1.82, 2.24) is 0 Å². The lowest BCUT2D eigenvalue weighted by Crippen LogP contribution is -2.43. The number of carboxylic acid groups (broad SMARTS) is 1. The minimum absolute atomic E-state index is 0.0470. The first-order valence-corrected chi connectivity index (χ1v) is 6.14. The molecule has 2 unspecified atom stereocenters. The molecule has 1 aliphatic rings. The van der Waals surface area contributed by atoms with Crippen LogP contribution in [0.25, 0.3) is 0 Å². The number of nitriles is 1. The van der Waals surface area contributed by atoms with Crippen LogP contribution in [-0.2, 0) is 9.53 Å². The summed E-state index contributed by atoms with van der Waals surface area (Å²) in [5, 5.41) is 32.0. The van der Waals surface area contributed by atoms with Crippen LogP contribution in [0.5, 0.6) is 0 Å². The summed E-state index contributed by atoms with van der Waals surface area (Å²) < 4.78 is 5.20. The molecule has 21 heavy (non-hydrogen) atoms. The quantitative estimate of drug-likeness (QED) is 0.633. The van der Waals surface area contributed by atoms with Crippen molar-refractivity contribution in [2.75, 3.05) is 18.5 Å². The fraction of sp³-hybridized carbons (Fsp3) is 0.385. The van der Waals surface area contributed by atoms with E-state index in [1.54, 1.807) is 13.0 Å². The number of benzene rings is 1. The molecule has 1 heterocycles. The van der Waals surface area contributed by atoms with Gasteiger partial charge in [-0.05, 0) is 19.1 Å². The number of nitrogens with zero attached hydrogens (tertiary/aromatic N) is 2. The Labute approximate surface area is 120 Å². The fourth-order valence-corrected chi connectivity index (χ4v) is 2.15. The molecule has 1 aromatic carbocycles. The molecule has 2 atom stereocenters. The molecule has 1 fully saturated rings. The highest BCUT2D eigenvalue weighted by Crippen LogP contribution is 2.32. The van der Waals surface area contributed by atoms with E-state index in [0.29, 0.717) is 5.69 Å². The maximum absolute atomic E-state index is 11.3. The largest absolute Gasteiger partial charge is 0.481 e. The van der Waals surface area contributed by atoms with Gasteiger partial charge in [0.1, 0.15) is 17.0 Å². The molecule has 2 rings (SSSR count). The second-order valence-corrected chi connectivity index (χ2v) is 5.04. The smallest absolute Gasteiger partial charge is 0.313 e. The Morgan fingerprint density at radius 3 is 2.95 bits per heavy atom. The van der Waals surface area contributed by atoms with Gasteiger partial charge in [-0.1, -0.05) is 0 Å². The first-order chi connectivity index (χ1) is 9.88. The third kappa shape index (κ3) is 2.64. The molecule has 2 N–H and O–H groups in total. The highest BCUT2D eigenvalue weighted by atomic mass is 16.6. The number of rotatable bonds is 4. The number of aliphatic carboxylic acids is 1. The summed E-state index contributed by atoms with van der Waals surface area (Å²) >= 11 is 0. The lowest BCUT2D eigenvalue weighted by molar-refractivity contribution is -0.385. The summed E-state index contributed by atoms with van der Waals surface area (Å²) in [5.74, 6) is -0.999. The molecule has 0 spiro atoms. The molecule has 1 aromatic rings. The topological polar surface area (TPSA) is 125 Å². The molecule has 8 nitrogen and oxygen atoms in total. The number of carboxylic acids is 1. The number of nitro benzene ring substituents is 1. The molecule has 8 heteroatoms. The van der Waals surface area contributed by atoms with E-state index in [9.17, 15) is 20.0 Å². The molecule has 0 aromatic heterocycles. The average Bonchev–Trinajstić information content (AvgIpc) is 2.81. The third-order valence-corrected chi connectivity index (χ3v) is 3.60. The van der Waals surface area contributed by atoms with E-state index in [4.69, 9.17) is 10.00 Å². The standard InChI is InChI=1S/C13H13N3O5/c1-13(12(17)18)7-21-6-11(13)15-9-3-2-8(5-14)10(4-9)16(19)20/h2-4,11,15H,6-7H2,1H3,(H,17,18). The summed E-state index contributed by atoms with van der Waals surface area (Å²) in [7, 11) is 0. The minimum atomic E-state index is -1.11. The molecule has 0 amide bonds. The highest BCUT2D eigenvalue weighted by Gasteiger charge is 2.46. The predicted octanol–water partition coefficient (Wildman–Crippen LogP) is 1.37. The lowest BCUT2D eigenvalue weighted by Gasteiger charge is -2.26. The van der Waals surface area contributed by atoms with E-state index in [0.717, 1.165) is 0 Å². The van der Waals surface area contributed by atoms with E-state index >= 15 is 0 Å². The van der Waals surface area contributed by atoms with Crippen molar-refractivity contribution < 1.29 is 19.6 Å². The number of carbonyl (C=O) groups is 1. The van der Waals surface area contributed by atoms with Gasteiger partial charge in [0.2, 0.25) is 0 Å². The summed E-state index contributed by atoms with van der Waals surface area (Å²) in [6, 6.07) is 5.29. The van der Waals surface area contributed by atoms with Gasteiger partial charge in [0.05, 0.1) is 24.2 Å². The number of ether oxygens (including phenoxy) is 1. The Kier molecular flexibility index (Phi) is 3.78. The predicted molar refractivity (Wildman–Crippen MR) is 71.8 cm³/mol. The van der Waals surface area contributed by atoms with Gasteiger partial charge in [-0.3, -0.25) is 14.9 Å². The molecule has 0 aliphatic carbocycles. The molecule has 1 saturated heterocycles. The Hall–Kier alpha value is -2.66. The SMILES string of the molecule is CC1(C(=O)O)COCC1Nc1ccc(C#N)c([N+](=O)[O-])c1. The zero-order valence-corrected chi connectivity index (χ0v) is 11.2. The Morgan fingerprint density at radius 2 is 2.38 bits per heavy atom. The van der Waals surface area contributed by atoms with Crippen LogP contribution in [0.3, 0.4) is 0 Å². The molecule has 110 valence electrons. The zero-order valence-electron chi connectivity index (χ0n) is 11.2. The second kappa shape index (κ2) is 5.38. The number of hydrogen-bond acceptors (Lipinski definition) is 6. The summed E-state index contributed by atoms with van der Waals surface area (Å²) in [4.78, 5) is 21.6. The van der Waals surface area contributed by atoms with Crippen LogP contribution in [0.2, 0.25) is 0 Å². The van der Waals surface area contributed by atoms with Crippen LogP contribution in [0.4, 0.5) is 11.4 Å². The summed E-state index contributed by atoms with van der Waals surface area (Å²) in [6.07, 6.45) is 0. The zero-order chi connectivity index (χ0) is 15.6. The van der Waals surface area contributed by atoms with E-state index < -0.39 is 22.3 Å². The molecule has 0 saturated carbocycles. The van der Waals surface area contributed by atoms with Gasteiger partial charge in [0.25, 0.3) is 5.69 Å². The van der Waals surface area contributed by atoms with E-state index in [1.165, 1.54) is 18.2 Å². The summed E-state index contributed by atoms with van der Waals surface area (Å²) in [5.41, 5.74) is -1.10. The van der Waals surface area contributed by atoms with Crippen LogP contribution in [-0.4, -0.2) is 35.3 Å². The van der Waals surface area contributed by atoms with Crippen LogP contribution < -0.4 is 5.32 Å². The Morgan fingerprint density at radius 1 is 1.67 bits per heavy atom. The fourth-order valence-electron chi connectivity index (χ4n) is 2.15. The van der Waals surface area contributed by atoms with Crippen molar-refractivity contribution in [3.8, 4) is 6.07 Å². The molecule has 0 radical (unpaired) electrons. The molecular weight excluding hydrogens is 278 g/mol. The van der Waals surface area contributed by atoms with Gasteiger partial charge in [-0.15, -0.1) is 0 Å². The van der Waals surface area contributed by atoms with Crippen molar-refractivity contribution in [1.29, 1.82) is 5.26 Å². The van der Waals surface area contributed by atoms with Crippen molar-refractivity contribution in [2.45, 2.75) is 13.0 Å². The number of anilines is 1. The summed E-state index contributed by atoms with van der Waals surface area (Å²) in [6.45, 7) is 1.81. The van der Waals surface area contributed by atoms with Crippen molar-refractivity contribution in [2.24, 2.45) is 5.41 Å². The maximum Gasteiger partial charge on any atom is 0.313 e. The monoisotopic (exact) mass is 291 g/mol. The van der Waals surface area contributed by atoms with Crippen LogP contribution >= 0.6 is 0 Å². The average molecular weight is 291 g/mol. The van der Waals surface area contributed by atoms with E-state index in [2.05, 4.69) is 5.32 Å². The first kappa shape index (κ1) is 14.7. The molecule has 1 aliphatic heterocycles.